The van der Waals surface area contributed by atoms with Crippen molar-refractivity contribution in [3.05, 3.63) is 98.7 Å². The van der Waals surface area contributed by atoms with E-state index in [2.05, 4.69) is 0 Å². The van der Waals surface area contributed by atoms with Gasteiger partial charge in [-0.3, -0.25) is 18.6 Å². The Balaban J connectivity index is 1.62. The van der Waals surface area contributed by atoms with Crippen LogP contribution in [0.4, 0.5) is 0 Å². The standard InChI is InChI=1S/C30H28N4O5/c1-32-28(35)25-26(20-10-7-11-21(16-20)29(36)37)34(17-22-12-6-9-19-8-2-3-14-24(19)22)31-27(25)33(30(32)38)18-23-13-4-5-15-39-23/h2-3,6-12,14,16,23H,4-5,13,15,17-18H2,1H3,(H,36,37). The third-order valence-corrected chi connectivity index (χ3v) is 7.47. The largest absolute Gasteiger partial charge is 0.478 e. The van der Waals surface area contributed by atoms with Gasteiger partial charge in [-0.1, -0.05) is 54.6 Å². The maximum Gasteiger partial charge on any atom is 0.335 e. The number of benzene rings is 3. The van der Waals surface area contributed by atoms with Crippen LogP contribution < -0.4 is 11.2 Å². The van der Waals surface area contributed by atoms with Gasteiger partial charge in [0.25, 0.3) is 5.56 Å². The highest BCUT2D eigenvalue weighted by molar-refractivity contribution is 5.94. The lowest BCUT2D eigenvalue weighted by molar-refractivity contribution is 0.00568. The molecule has 9 heteroatoms. The maximum atomic E-state index is 13.6. The second-order valence-corrected chi connectivity index (χ2v) is 9.98. The number of hydrogen-bond acceptors (Lipinski definition) is 5. The SMILES string of the molecule is Cn1c(=O)c2c(-c3cccc(C(=O)O)c3)n(Cc3cccc4ccccc34)nc2n(CC2CCCCO2)c1=O. The van der Waals surface area contributed by atoms with Gasteiger partial charge < -0.3 is 9.84 Å². The number of aromatic nitrogens is 4. The van der Waals surface area contributed by atoms with Crippen LogP contribution in [0.5, 0.6) is 0 Å². The summed E-state index contributed by atoms with van der Waals surface area (Å²) in [5.74, 6) is -1.07. The van der Waals surface area contributed by atoms with Crippen LogP contribution in [-0.2, 0) is 24.9 Å². The molecule has 0 bridgehead atoms. The van der Waals surface area contributed by atoms with Gasteiger partial charge in [0.1, 0.15) is 5.39 Å². The first-order chi connectivity index (χ1) is 18.9. The first kappa shape index (κ1) is 24.8. The fourth-order valence-corrected chi connectivity index (χ4v) is 5.48. The van der Waals surface area contributed by atoms with Gasteiger partial charge in [-0.2, -0.15) is 5.10 Å². The minimum Gasteiger partial charge on any atom is -0.478 e. The molecule has 1 aliphatic rings. The summed E-state index contributed by atoms with van der Waals surface area (Å²) in [5, 5.41) is 16.9. The van der Waals surface area contributed by atoms with Gasteiger partial charge in [-0.05, 0) is 47.7 Å². The Hall–Kier alpha value is -4.50. The van der Waals surface area contributed by atoms with Crippen molar-refractivity contribution >= 4 is 27.8 Å². The smallest absolute Gasteiger partial charge is 0.335 e. The van der Waals surface area contributed by atoms with Gasteiger partial charge in [0.15, 0.2) is 5.65 Å². The molecule has 6 rings (SSSR count). The molecule has 0 spiro atoms. The quantitative estimate of drug-likeness (QED) is 0.359. The highest BCUT2D eigenvalue weighted by atomic mass is 16.5. The van der Waals surface area contributed by atoms with E-state index in [-0.39, 0.29) is 29.2 Å². The van der Waals surface area contributed by atoms with E-state index >= 15 is 0 Å². The molecule has 1 unspecified atom stereocenters. The molecule has 2 aromatic heterocycles. The zero-order chi connectivity index (χ0) is 27.1. The third-order valence-electron chi connectivity index (χ3n) is 7.47. The molecular weight excluding hydrogens is 496 g/mol. The van der Waals surface area contributed by atoms with Gasteiger partial charge >= 0.3 is 11.7 Å². The average molecular weight is 525 g/mol. The van der Waals surface area contributed by atoms with Gasteiger partial charge in [-0.25, -0.2) is 9.59 Å². The second-order valence-electron chi connectivity index (χ2n) is 9.98. The minimum absolute atomic E-state index is 0.0966. The first-order valence-corrected chi connectivity index (χ1v) is 13.0. The van der Waals surface area contributed by atoms with Crippen LogP contribution in [0.2, 0.25) is 0 Å². The maximum absolute atomic E-state index is 13.6. The van der Waals surface area contributed by atoms with E-state index in [1.165, 1.54) is 23.7 Å². The predicted octanol–water partition coefficient (Wildman–Crippen LogP) is 4.03. The second kappa shape index (κ2) is 9.99. The van der Waals surface area contributed by atoms with Crippen LogP contribution in [0, 0.1) is 0 Å². The molecule has 0 amide bonds. The molecule has 1 N–H and O–H groups in total. The van der Waals surface area contributed by atoms with E-state index in [0.29, 0.717) is 24.4 Å². The molecule has 0 aliphatic carbocycles. The van der Waals surface area contributed by atoms with Gasteiger partial charge in [0, 0.05) is 19.2 Å². The topological polar surface area (TPSA) is 108 Å². The Morgan fingerprint density at radius 1 is 1.05 bits per heavy atom. The summed E-state index contributed by atoms with van der Waals surface area (Å²) in [5.41, 5.74) is 1.43. The van der Waals surface area contributed by atoms with Gasteiger partial charge in [0.2, 0.25) is 0 Å². The van der Waals surface area contributed by atoms with Crippen molar-refractivity contribution in [2.45, 2.75) is 38.5 Å². The summed E-state index contributed by atoms with van der Waals surface area (Å²) in [6, 6.07) is 20.5. The minimum atomic E-state index is -1.07. The molecule has 1 atom stereocenters. The summed E-state index contributed by atoms with van der Waals surface area (Å²) in [6.45, 7) is 1.24. The van der Waals surface area contributed by atoms with E-state index in [1.807, 2.05) is 42.5 Å². The number of hydrogen-bond donors (Lipinski definition) is 1. The van der Waals surface area contributed by atoms with Gasteiger partial charge in [0.05, 0.1) is 30.5 Å². The Bertz CT molecular complexity index is 1840. The highest BCUT2D eigenvalue weighted by Gasteiger charge is 2.25. The van der Waals surface area contributed by atoms with Crippen molar-refractivity contribution in [1.82, 2.24) is 18.9 Å². The molecule has 1 fully saturated rings. The van der Waals surface area contributed by atoms with Crippen molar-refractivity contribution in [3.63, 3.8) is 0 Å². The zero-order valence-corrected chi connectivity index (χ0v) is 21.5. The van der Waals surface area contributed by atoms with E-state index in [1.54, 1.807) is 16.8 Å². The monoisotopic (exact) mass is 524 g/mol. The number of fused-ring (bicyclic) bond motifs is 2. The predicted molar refractivity (Wildman–Crippen MR) is 148 cm³/mol. The molecule has 3 heterocycles. The number of carbonyl (C=O) groups is 1. The number of carboxylic acid groups (broad SMARTS) is 1. The summed E-state index contributed by atoms with van der Waals surface area (Å²) < 4.78 is 10.3. The zero-order valence-electron chi connectivity index (χ0n) is 21.5. The van der Waals surface area contributed by atoms with E-state index < -0.39 is 17.2 Å². The van der Waals surface area contributed by atoms with Crippen LogP contribution in [0.25, 0.3) is 33.1 Å². The van der Waals surface area contributed by atoms with Crippen molar-refractivity contribution < 1.29 is 14.6 Å². The molecule has 9 nitrogen and oxygen atoms in total. The molecule has 198 valence electrons. The fraction of sp³-hybridized carbons (Fsp3) is 0.267. The number of rotatable bonds is 6. The molecule has 5 aromatic rings. The lowest BCUT2D eigenvalue weighted by atomic mass is 10.0. The number of ether oxygens (including phenoxy) is 1. The van der Waals surface area contributed by atoms with Gasteiger partial charge in [-0.15, -0.1) is 0 Å². The van der Waals surface area contributed by atoms with Crippen LogP contribution in [-0.4, -0.2) is 42.7 Å². The fourth-order valence-electron chi connectivity index (χ4n) is 5.48. The van der Waals surface area contributed by atoms with Crippen molar-refractivity contribution in [2.75, 3.05) is 6.61 Å². The van der Waals surface area contributed by atoms with E-state index in [9.17, 15) is 19.5 Å². The first-order valence-electron chi connectivity index (χ1n) is 13.0. The van der Waals surface area contributed by atoms with Crippen molar-refractivity contribution in [1.29, 1.82) is 0 Å². The van der Waals surface area contributed by atoms with Crippen LogP contribution >= 0.6 is 0 Å². The molecule has 1 saturated heterocycles. The van der Waals surface area contributed by atoms with Crippen LogP contribution in [0.15, 0.2) is 76.3 Å². The van der Waals surface area contributed by atoms with Crippen molar-refractivity contribution in [2.24, 2.45) is 7.05 Å². The van der Waals surface area contributed by atoms with Crippen LogP contribution in [0.3, 0.4) is 0 Å². The Morgan fingerprint density at radius 3 is 2.64 bits per heavy atom. The number of aromatic carboxylic acids is 1. The molecular formula is C30H28N4O5. The lowest BCUT2D eigenvalue weighted by Gasteiger charge is -2.23. The molecule has 0 radical (unpaired) electrons. The Labute approximate surface area is 223 Å². The summed E-state index contributed by atoms with van der Waals surface area (Å²) in [6.07, 6.45) is 2.66. The average Bonchev–Trinajstić information content (AvgIpc) is 3.34. The summed E-state index contributed by atoms with van der Waals surface area (Å²) in [4.78, 5) is 38.8. The van der Waals surface area contributed by atoms with E-state index in [4.69, 9.17) is 9.84 Å². The number of nitrogens with zero attached hydrogens (tertiary/aromatic N) is 4. The van der Waals surface area contributed by atoms with E-state index in [0.717, 1.165) is 40.2 Å². The normalized spacial score (nSPS) is 15.7. The summed E-state index contributed by atoms with van der Waals surface area (Å²) in [7, 11) is 1.46. The van der Waals surface area contributed by atoms with Crippen molar-refractivity contribution in [3.8, 4) is 11.3 Å². The lowest BCUT2D eigenvalue weighted by Crippen LogP contribution is -2.40. The van der Waals surface area contributed by atoms with Crippen LogP contribution in [0.1, 0.15) is 35.2 Å². The number of carboxylic acids is 1. The highest BCUT2D eigenvalue weighted by Crippen LogP contribution is 2.30. The molecule has 0 saturated carbocycles. The molecule has 1 aliphatic heterocycles. The third kappa shape index (κ3) is 4.44. The summed E-state index contributed by atoms with van der Waals surface area (Å²) >= 11 is 0. The molecule has 39 heavy (non-hydrogen) atoms. The molecule has 3 aromatic carbocycles. The Morgan fingerprint density at radius 2 is 1.85 bits per heavy atom. The Kier molecular flexibility index (Phi) is 6.36.